The molecule has 4 N–H and O–H groups in total. The molecule has 0 fully saturated rings. The van der Waals surface area contributed by atoms with Crippen LogP contribution in [0.25, 0.3) is 0 Å². The molecule has 0 aliphatic carbocycles. The van der Waals surface area contributed by atoms with Gasteiger partial charge in [0.15, 0.2) is 0 Å². The van der Waals surface area contributed by atoms with Crippen LogP contribution in [0.4, 0.5) is 0 Å². The van der Waals surface area contributed by atoms with Crippen LogP contribution in [0.3, 0.4) is 0 Å². The minimum absolute atomic E-state index is 0.0130. The first-order chi connectivity index (χ1) is 7.69. The van der Waals surface area contributed by atoms with Gasteiger partial charge in [0.05, 0.1) is 6.04 Å². The van der Waals surface area contributed by atoms with Crippen LogP contribution in [0.5, 0.6) is 0 Å². The second kappa shape index (κ2) is 6.44. The van der Waals surface area contributed by atoms with Gasteiger partial charge < -0.3 is 16.3 Å². The van der Waals surface area contributed by atoms with Crippen LogP contribution in [0.15, 0.2) is 16.7 Å². The van der Waals surface area contributed by atoms with Crippen LogP contribution >= 0.6 is 11.3 Å². The summed E-state index contributed by atoms with van der Waals surface area (Å²) < 4.78 is 0. The number of oxime groups is 1. The van der Waals surface area contributed by atoms with E-state index in [2.05, 4.69) is 22.4 Å². The molecule has 90 valence electrons. The van der Waals surface area contributed by atoms with Gasteiger partial charge >= 0.3 is 0 Å². The Morgan fingerprint density at radius 1 is 1.75 bits per heavy atom. The third-order valence-corrected chi connectivity index (χ3v) is 3.34. The molecule has 1 aromatic rings. The lowest BCUT2D eigenvalue weighted by atomic mass is 10.1. The largest absolute Gasteiger partial charge is 0.409 e. The maximum Gasteiger partial charge on any atom is 0.143 e. The molecule has 5 nitrogen and oxygen atoms in total. The van der Waals surface area contributed by atoms with E-state index >= 15 is 0 Å². The Morgan fingerprint density at radius 3 is 3.00 bits per heavy atom. The highest BCUT2D eigenvalue weighted by atomic mass is 32.1. The van der Waals surface area contributed by atoms with E-state index in [-0.39, 0.29) is 17.8 Å². The van der Waals surface area contributed by atoms with Crippen molar-refractivity contribution in [2.24, 2.45) is 16.8 Å². The first kappa shape index (κ1) is 12.9. The number of nitrogens with two attached hydrogens (primary N) is 1. The van der Waals surface area contributed by atoms with Crippen molar-refractivity contribution in [3.05, 3.63) is 16.6 Å². The van der Waals surface area contributed by atoms with Crippen molar-refractivity contribution in [3.8, 4) is 0 Å². The molecule has 0 aromatic carbocycles. The highest BCUT2D eigenvalue weighted by Crippen LogP contribution is 2.18. The number of thiazole rings is 1. The maximum atomic E-state index is 8.54. The third-order valence-electron chi connectivity index (χ3n) is 2.45. The number of aromatic nitrogens is 1. The van der Waals surface area contributed by atoms with E-state index in [4.69, 9.17) is 10.9 Å². The summed E-state index contributed by atoms with van der Waals surface area (Å²) in [5, 5.41) is 17.9. The molecule has 2 unspecified atom stereocenters. The smallest absolute Gasteiger partial charge is 0.143 e. The number of rotatable bonds is 6. The molecule has 2 atom stereocenters. The predicted molar refractivity (Wildman–Crippen MR) is 65.7 cm³/mol. The quantitative estimate of drug-likeness (QED) is 0.306. The molecule has 0 bridgehead atoms. The van der Waals surface area contributed by atoms with Gasteiger partial charge in [-0.25, -0.2) is 4.98 Å². The predicted octanol–water partition coefficient (Wildman–Crippen LogP) is 1.57. The summed E-state index contributed by atoms with van der Waals surface area (Å²) in [4.78, 5) is 4.28. The lowest BCUT2D eigenvalue weighted by Crippen LogP contribution is -2.33. The van der Waals surface area contributed by atoms with Crippen molar-refractivity contribution < 1.29 is 5.21 Å². The standard InChI is InChI=1S/C10H18N4OS/c1-3-8(10-12-4-5-16-10)13-6-7(2)9(11)14-15/h4-5,7-8,13,15H,3,6H2,1-2H3,(H2,11,14). The van der Waals surface area contributed by atoms with Gasteiger partial charge in [-0.3, -0.25) is 0 Å². The van der Waals surface area contributed by atoms with Gasteiger partial charge in [0.25, 0.3) is 0 Å². The van der Waals surface area contributed by atoms with Gasteiger partial charge in [0, 0.05) is 24.0 Å². The Morgan fingerprint density at radius 2 is 2.50 bits per heavy atom. The summed E-state index contributed by atoms with van der Waals surface area (Å²) in [5.41, 5.74) is 5.51. The fourth-order valence-electron chi connectivity index (χ4n) is 1.34. The van der Waals surface area contributed by atoms with Gasteiger partial charge in [-0.05, 0) is 6.42 Å². The number of hydrogen-bond donors (Lipinski definition) is 3. The molecule has 1 aromatic heterocycles. The normalized spacial score (nSPS) is 16.0. The van der Waals surface area contributed by atoms with Gasteiger partial charge in [-0.1, -0.05) is 19.0 Å². The molecule has 0 saturated heterocycles. The molecule has 1 rings (SSSR count). The summed E-state index contributed by atoms with van der Waals surface area (Å²) in [6.07, 6.45) is 2.77. The molecular weight excluding hydrogens is 224 g/mol. The van der Waals surface area contributed by atoms with E-state index in [9.17, 15) is 0 Å². The fourth-order valence-corrected chi connectivity index (χ4v) is 2.13. The van der Waals surface area contributed by atoms with Crippen LogP contribution in [-0.4, -0.2) is 22.6 Å². The van der Waals surface area contributed by atoms with Crippen molar-refractivity contribution in [1.82, 2.24) is 10.3 Å². The molecule has 0 amide bonds. The minimum Gasteiger partial charge on any atom is -0.409 e. The number of nitrogens with one attached hydrogen (secondary N) is 1. The van der Waals surface area contributed by atoms with Crippen molar-refractivity contribution >= 4 is 17.2 Å². The van der Waals surface area contributed by atoms with Gasteiger partial charge in [0.2, 0.25) is 0 Å². The van der Waals surface area contributed by atoms with E-state index in [0.29, 0.717) is 6.54 Å². The monoisotopic (exact) mass is 242 g/mol. The Labute approximate surface area is 99.4 Å². The Balaban J connectivity index is 2.47. The number of hydrogen-bond acceptors (Lipinski definition) is 5. The van der Waals surface area contributed by atoms with Crippen LogP contribution in [0.2, 0.25) is 0 Å². The van der Waals surface area contributed by atoms with Crippen molar-refractivity contribution in [1.29, 1.82) is 0 Å². The summed E-state index contributed by atoms with van der Waals surface area (Å²) in [6.45, 7) is 4.69. The molecule has 0 radical (unpaired) electrons. The van der Waals surface area contributed by atoms with E-state index in [1.165, 1.54) is 0 Å². The molecule has 1 heterocycles. The van der Waals surface area contributed by atoms with Gasteiger partial charge in [-0.2, -0.15) is 0 Å². The molecule has 0 saturated carbocycles. The lowest BCUT2D eigenvalue weighted by molar-refractivity contribution is 0.313. The molecule has 0 aliphatic rings. The maximum absolute atomic E-state index is 8.54. The highest BCUT2D eigenvalue weighted by molar-refractivity contribution is 7.09. The average molecular weight is 242 g/mol. The second-order valence-corrected chi connectivity index (χ2v) is 4.59. The van der Waals surface area contributed by atoms with Gasteiger partial charge in [-0.15, -0.1) is 11.3 Å². The minimum atomic E-state index is 0.0130. The Hall–Kier alpha value is -1.14. The SMILES string of the molecule is CCC(NCC(C)C(N)=NO)c1nccs1. The molecule has 16 heavy (non-hydrogen) atoms. The zero-order chi connectivity index (χ0) is 12.0. The number of nitrogens with zero attached hydrogens (tertiary/aromatic N) is 2. The lowest BCUT2D eigenvalue weighted by Gasteiger charge is -2.17. The molecule has 0 spiro atoms. The van der Waals surface area contributed by atoms with E-state index in [0.717, 1.165) is 11.4 Å². The molecular formula is C10H18N4OS. The Kier molecular flexibility index (Phi) is 5.21. The van der Waals surface area contributed by atoms with E-state index < -0.39 is 0 Å². The first-order valence-electron chi connectivity index (χ1n) is 5.29. The van der Waals surface area contributed by atoms with Crippen molar-refractivity contribution in [2.45, 2.75) is 26.3 Å². The molecule has 0 aliphatic heterocycles. The second-order valence-electron chi connectivity index (χ2n) is 3.67. The Bertz CT molecular complexity index is 326. The summed E-state index contributed by atoms with van der Waals surface area (Å²) >= 11 is 1.64. The summed E-state index contributed by atoms with van der Waals surface area (Å²) in [7, 11) is 0. The average Bonchev–Trinajstić information content (AvgIpc) is 2.82. The summed E-state index contributed by atoms with van der Waals surface area (Å²) in [5.74, 6) is 0.264. The zero-order valence-electron chi connectivity index (χ0n) is 9.55. The first-order valence-corrected chi connectivity index (χ1v) is 6.17. The third kappa shape index (κ3) is 3.46. The zero-order valence-corrected chi connectivity index (χ0v) is 10.4. The fraction of sp³-hybridized carbons (Fsp3) is 0.600. The van der Waals surface area contributed by atoms with Crippen LogP contribution < -0.4 is 11.1 Å². The number of amidine groups is 1. The topological polar surface area (TPSA) is 83.5 Å². The van der Waals surface area contributed by atoms with E-state index in [1.54, 1.807) is 17.5 Å². The van der Waals surface area contributed by atoms with Crippen molar-refractivity contribution in [3.63, 3.8) is 0 Å². The van der Waals surface area contributed by atoms with Gasteiger partial charge in [0.1, 0.15) is 10.8 Å². The van der Waals surface area contributed by atoms with Crippen molar-refractivity contribution in [2.75, 3.05) is 6.54 Å². The summed E-state index contributed by atoms with van der Waals surface area (Å²) in [6, 6.07) is 0.244. The van der Waals surface area contributed by atoms with Crippen LogP contribution in [-0.2, 0) is 0 Å². The van der Waals surface area contributed by atoms with Crippen LogP contribution in [0.1, 0.15) is 31.3 Å². The van der Waals surface area contributed by atoms with Crippen LogP contribution in [0, 0.1) is 5.92 Å². The molecule has 6 heteroatoms. The van der Waals surface area contributed by atoms with E-state index in [1.807, 2.05) is 12.3 Å². The highest BCUT2D eigenvalue weighted by Gasteiger charge is 2.14.